The average molecular weight is 264 g/mol. The highest BCUT2D eigenvalue weighted by molar-refractivity contribution is 5.74. The molecule has 6 heteroatoms. The van der Waals surface area contributed by atoms with Gasteiger partial charge in [-0.05, 0) is 38.0 Å². The molecule has 0 aliphatic rings. The van der Waals surface area contributed by atoms with Gasteiger partial charge in [-0.15, -0.1) is 0 Å². The third-order valence-electron chi connectivity index (χ3n) is 2.56. The molecule has 1 aromatic rings. The summed E-state index contributed by atoms with van der Waals surface area (Å²) in [6.45, 7) is 2.84. The van der Waals surface area contributed by atoms with Crippen molar-refractivity contribution in [3.63, 3.8) is 0 Å². The van der Waals surface area contributed by atoms with Crippen LogP contribution in [0.5, 0.6) is 0 Å². The zero-order valence-electron chi connectivity index (χ0n) is 9.81. The van der Waals surface area contributed by atoms with Crippen LogP contribution in [0.25, 0.3) is 0 Å². The lowest BCUT2D eigenvalue weighted by atomic mass is 9.85. The van der Waals surface area contributed by atoms with Gasteiger partial charge < -0.3 is 5.11 Å². The molecule has 100 valence electrons. The van der Waals surface area contributed by atoms with Crippen LogP contribution in [0.4, 0.5) is 17.6 Å². The van der Waals surface area contributed by atoms with Crippen LogP contribution in [-0.2, 0) is 17.4 Å². The van der Waals surface area contributed by atoms with Gasteiger partial charge >= 0.3 is 12.1 Å². The molecule has 0 amide bonds. The van der Waals surface area contributed by atoms with Crippen molar-refractivity contribution in [1.29, 1.82) is 0 Å². The number of benzene rings is 1. The minimum atomic E-state index is -4.75. The third kappa shape index (κ3) is 3.21. The van der Waals surface area contributed by atoms with E-state index in [1.807, 2.05) is 0 Å². The molecule has 1 N–H and O–H groups in total. The van der Waals surface area contributed by atoms with Crippen LogP contribution < -0.4 is 0 Å². The molecule has 2 nitrogen and oxygen atoms in total. The van der Waals surface area contributed by atoms with Crippen LogP contribution >= 0.6 is 0 Å². The molecule has 0 unspecified atom stereocenters. The Morgan fingerprint density at radius 1 is 1.28 bits per heavy atom. The molecule has 0 heterocycles. The molecule has 0 saturated heterocycles. The Hall–Kier alpha value is -1.59. The molecular formula is C12H12F4O2. The van der Waals surface area contributed by atoms with Gasteiger partial charge in [0.15, 0.2) is 0 Å². The number of carbonyl (C=O) groups is 1. The van der Waals surface area contributed by atoms with Gasteiger partial charge in [0.25, 0.3) is 0 Å². The molecule has 0 radical (unpaired) electrons. The molecule has 1 aromatic carbocycles. The molecule has 0 aromatic heterocycles. The fraction of sp³-hybridized carbons (Fsp3) is 0.417. The molecule has 0 atom stereocenters. The maximum absolute atomic E-state index is 13.3. The maximum Gasteiger partial charge on any atom is 0.419 e. The number of hydrogen-bond acceptors (Lipinski definition) is 1. The van der Waals surface area contributed by atoms with Crippen molar-refractivity contribution in [3.05, 3.63) is 35.1 Å². The van der Waals surface area contributed by atoms with Gasteiger partial charge in [0.2, 0.25) is 0 Å². The molecule has 0 bridgehead atoms. The van der Waals surface area contributed by atoms with Crippen LogP contribution in [0, 0.1) is 11.2 Å². The molecular weight excluding hydrogens is 252 g/mol. The highest BCUT2D eigenvalue weighted by atomic mass is 19.4. The lowest BCUT2D eigenvalue weighted by Gasteiger charge is -2.19. The lowest BCUT2D eigenvalue weighted by molar-refractivity contribution is -0.147. The summed E-state index contributed by atoms with van der Waals surface area (Å²) < 4.78 is 50.2. The molecule has 0 aliphatic carbocycles. The van der Waals surface area contributed by atoms with E-state index in [1.165, 1.54) is 13.8 Å². The fourth-order valence-electron chi connectivity index (χ4n) is 1.48. The Bertz CT molecular complexity index is 464. The second-order valence-electron chi connectivity index (χ2n) is 4.68. The van der Waals surface area contributed by atoms with E-state index in [0.29, 0.717) is 6.07 Å². The summed E-state index contributed by atoms with van der Waals surface area (Å²) in [7, 11) is 0. The molecule has 0 fully saturated rings. The van der Waals surface area contributed by atoms with E-state index in [-0.39, 0.29) is 12.0 Å². The van der Waals surface area contributed by atoms with Crippen molar-refractivity contribution >= 4 is 5.97 Å². The molecule has 0 saturated carbocycles. The zero-order chi connectivity index (χ0) is 14.1. The first kappa shape index (κ1) is 14.5. The first-order valence-electron chi connectivity index (χ1n) is 5.13. The van der Waals surface area contributed by atoms with Crippen molar-refractivity contribution in [3.8, 4) is 0 Å². The second kappa shape index (κ2) is 4.59. The third-order valence-corrected chi connectivity index (χ3v) is 2.56. The summed E-state index contributed by atoms with van der Waals surface area (Å²) in [4.78, 5) is 10.9. The lowest BCUT2D eigenvalue weighted by Crippen LogP contribution is -2.26. The van der Waals surface area contributed by atoms with Crippen LogP contribution in [0.1, 0.15) is 25.0 Å². The number of carboxylic acids is 1. The Balaban J connectivity index is 3.03. The summed E-state index contributed by atoms with van der Waals surface area (Å²) in [5, 5.41) is 8.88. The molecule has 0 aliphatic heterocycles. The van der Waals surface area contributed by atoms with Crippen molar-refractivity contribution in [1.82, 2.24) is 0 Å². The van der Waals surface area contributed by atoms with Crippen molar-refractivity contribution in [2.24, 2.45) is 5.41 Å². The molecule has 0 spiro atoms. The summed E-state index contributed by atoms with van der Waals surface area (Å²) >= 11 is 0. The predicted octanol–water partition coefficient (Wildman–Crippen LogP) is 3.50. The highest BCUT2D eigenvalue weighted by Gasteiger charge is 2.34. The summed E-state index contributed by atoms with van der Waals surface area (Å²) in [6, 6.07) is 2.45. The minimum absolute atomic E-state index is 0.0443. The number of aliphatic carboxylic acids is 1. The zero-order valence-corrected chi connectivity index (χ0v) is 9.81. The standard InChI is InChI=1S/C12H12F4O2/c1-11(2,10(17)18)6-7-3-4-8(9(13)5-7)12(14,15)16/h3-5H,6H2,1-2H3,(H,17,18). The highest BCUT2D eigenvalue weighted by Crippen LogP contribution is 2.32. The Labute approximate surface area is 101 Å². The normalized spacial score (nSPS) is 12.6. The number of alkyl halides is 3. The van der Waals surface area contributed by atoms with Crippen LogP contribution in [0.15, 0.2) is 18.2 Å². The quantitative estimate of drug-likeness (QED) is 0.848. The summed E-state index contributed by atoms with van der Waals surface area (Å²) in [5.41, 5.74) is -2.29. The van der Waals surface area contributed by atoms with Gasteiger partial charge in [-0.1, -0.05) is 6.07 Å². The first-order chi connectivity index (χ1) is 8.04. The summed E-state index contributed by atoms with van der Waals surface area (Å²) in [5.74, 6) is -2.48. The number of halogens is 4. The van der Waals surface area contributed by atoms with Gasteiger partial charge in [-0.25, -0.2) is 4.39 Å². The predicted molar refractivity (Wildman–Crippen MR) is 56.5 cm³/mol. The Morgan fingerprint density at radius 3 is 2.22 bits per heavy atom. The average Bonchev–Trinajstić information content (AvgIpc) is 2.14. The Kier molecular flexibility index (Phi) is 3.69. The topological polar surface area (TPSA) is 37.3 Å². The van der Waals surface area contributed by atoms with E-state index >= 15 is 0 Å². The van der Waals surface area contributed by atoms with E-state index in [9.17, 15) is 22.4 Å². The number of rotatable bonds is 3. The monoisotopic (exact) mass is 264 g/mol. The van der Waals surface area contributed by atoms with Gasteiger partial charge in [-0.2, -0.15) is 13.2 Å². The van der Waals surface area contributed by atoms with Crippen molar-refractivity contribution in [2.75, 3.05) is 0 Å². The van der Waals surface area contributed by atoms with Gasteiger partial charge in [0.05, 0.1) is 11.0 Å². The smallest absolute Gasteiger partial charge is 0.419 e. The Morgan fingerprint density at radius 2 is 1.83 bits per heavy atom. The van der Waals surface area contributed by atoms with Crippen LogP contribution in [-0.4, -0.2) is 11.1 Å². The fourth-order valence-corrected chi connectivity index (χ4v) is 1.48. The van der Waals surface area contributed by atoms with E-state index in [4.69, 9.17) is 5.11 Å². The van der Waals surface area contributed by atoms with E-state index < -0.39 is 28.9 Å². The van der Waals surface area contributed by atoms with E-state index in [1.54, 1.807) is 0 Å². The van der Waals surface area contributed by atoms with Crippen LogP contribution in [0.3, 0.4) is 0 Å². The number of hydrogen-bond donors (Lipinski definition) is 1. The van der Waals surface area contributed by atoms with Crippen molar-refractivity contribution < 1.29 is 27.5 Å². The first-order valence-corrected chi connectivity index (χ1v) is 5.13. The van der Waals surface area contributed by atoms with Crippen molar-refractivity contribution in [2.45, 2.75) is 26.4 Å². The largest absolute Gasteiger partial charge is 0.481 e. The van der Waals surface area contributed by atoms with E-state index in [2.05, 4.69) is 0 Å². The SMILES string of the molecule is CC(C)(Cc1ccc(C(F)(F)F)c(F)c1)C(=O)O. The van der Waals surface area contributed by atoms with E-state index in [0.717, 1.165) is 12.1 Å². The second-order valence-corrected chi connectivity index (χ2v) is 4.68. The minimum Gasteiger partial charge on any atom is -0.481 e. The van der Waals surface area contributed by atoms with Gasteiger partial charge in [-0.3, -0.25) is 4.79 Å². The van der Waals surface area contributed by atoms with Gasteiger partial charge in [0.1, 0.15) is 5.82 Å². The number of carboxylic acid groups (broad SMARTS) is 1. The van der Waals surface area contributed by atoms with Crippen LogP contribution in [0.2, 0.25) is 0 Å². The molecule has 18 heavy (non-hydrogen) atoms. The van der Waals surface area contributed by atoms with Gasteiger partial charge in [0, 0.05) is 0 Å². The molecule has 1 rings (SSSR count). The summed E-state index contributed by atoms with van der Waals surface area (Å²) in [6.07, 6.45) is -4.79. The maximum atomic E-state index is 13.3.